The molecule has 0 atom stereocenters. The van der Waals surface area contributed by atoms with E-state index < -0.39 is 39.5 Å². The number of aromatic nitrogens is 1. The van der Waals surface area contributed by atoms with Gasteiger partial charge in [-0.1, -0.05) is 0 Å². The van der Waals surface area contributed by atoms with Gasteiger partial charge in [-0.25, -0.2) is 0 Å². The minimum atomic E-state index is -5.18. The average Bonchev–Trinajstić information content (AvgIpc) is 2.25. The van der Waals surface area contributed by atoms with Gasteiger partial charge in [0.15, 0.2) is 0 Å². The van der Waals surface area contributed by atoms with Gasteiger partial charge in [-0.05, 0) is 16.5 Å². The molecule has 1 aromatic rings. The fourth-order valence-electron chi connectivity index (χ4n) is 1.08. The molecule has 0 spiro atoms. The Hall–Kier alpha value is -2.10. The maximum absolute atomic E-state index is 12.1. The third-order valence-corrected chi connectivity index (χ3v) is 1.95. The molecule has 1 heterocycles. The van der Waals surface area contributed by atoms with Crippen LogP contribution in [-0.4, -0.2) is 28.6 Å². The van der Waals surface area contributed by atoms with Gasteiger partial charge >= 0.3 is 18.1 Å². The molecular weight excluding hydrogens is 297 g/mol. The first-order valence-electron chi connectivity index (χ1n) is 4.34. The van der Waals surface area contributed by atoms with Crippen LogP contribution < -0.4 is 9.47 Å². The lowest BCUT2D eigenvalue weighted by Crippen LogP contribution is -2.20. The van der Waals surface area contributed by atoms with Gasteiger partial charge in [0.25, 0.3) is 5.24 Å². The van der Waals surface area contributed by atoms with Gasteiger partial charge in [0, 0.05) is 11.1 Å². The molecule has 19 heavy (non-hydrogen) atoms. The summed E-state index contributed by atoms with van der Waals surface area (Å²) in [6.07, 6.45) is -5.18. The Morgan fingerprint density at radius 1 is 1.53 bits per heavy atom. The van der Waals surface area contributed by atoms with Crippen molar-refractivity contribution < 1.29 is 32.4 Å². The topological polar surface area (TPSA) is 91.6 Å². The lowest BCUT2D eigenvalue weighted by Gasteiger charge is -2.08. The van der Waals surface area contributed by atoms with E-state index in [-0.39, 0.29) is 0 Å². The highest BCUT2D eigenvalue weighted by atomic mass is 35.5. The molecule has 0 aliphatic carbocycles. The summed E-state index contributed by atoms with van der Waals surface area (Å²) in [5.74, 6) is -2.88. The predicted molar refractivity (Wildman–Crippen MR) is 54.3 cm³/mol. The Labute approximate surface area is 108 Å². The van der Waals surface area contributed by atoms with E-state index in [1.807, 2.05) is 0 Å². The van der Waals surface area contributed by atoms with Crippen LogP contribution >= 0.6 is 11.6 Å². The Bertz CT molecular complexity index is 534. The SMILES string of the molecule is COc1cc(C(=O)Cl)c(OC(F)(F)F)nc1[N+](=O)[O-]. The highest BCUT2D eigenvalue weighted by molar-refractivity contribution is 6.68. The molecule has 7 nitrogen and oxygen atoms in total. The summed E-state index contributed by atoms with van der Waals surface area (Å²) in [4.78, 5) is 23.4. The third kappa shape index (κ3) is 3.68. The molecule has 0 saturated carbocycles. The van der Waals surface area contributed by atoms with Crippen LogP contribution in [-0.2, 0) is 0 Å². The summed E-state index contributed by atoms with van der Waals surface area (Å²) < 4.78 is 44.2. The van der Waals surface area contributed by atoms with Crippen LogP contribution in [0.4, 0.5) is 19.0 Å². The van der Waals surface area contributed by atoms with E-state index in [0.29, 0.717) is 6.07 Å². The molecule has 1 rings (SSSR count). The summed E-state index contributed by atoms with van der Waals surface area (Å²) in [5, 5.41) is 9.25. The molecule has 1 aromatic heterocycles. The maximum Gasteiger partial charge on any atom is 0.575 e. The van der Waals surface area contributed by atoms with Gasteiger partial charge < -0.3 is 19.6 Å². The van der Waals surface area contributed by atoms with E-state index in [0.717, 1.165) is 7.11 Å². The fraction of sp³-hybridized carbons (Fsp3) is 0.250. The summed E-state index contributed by atoms with van der Waals surface area (Å²) >= 11 is 5.05. The van der Waals surface area contributed by atoms with E-state index >= 15 is 0 Å². The van der Waals surface area contributed by atoms with E-state index in [9.17, 15) is 28.1 Å². The molecule has 0 fully saturated rings. The number of pyridine rings is 1. The van der Waals surface area contributed by atoms with Crippen LogP contribution in [0.5, 0.6) is 11.6 Å². The van der Waals surface area contributed by atoms with Gasteiger partial charge in [-0.3, -0.25) is 4.79 Å². The smallest absolute Gasteiger partial charge is 0.489 e. The molecule has 0 bridgehead atoms. The van der Waals surface area contributed by atoms with Crippen molar-refractivity contribution in [3.8, 4) is 11.6 Å². The Morgan fingerprint density at radius 3 is 2.47 bits per heavy atom. The Kier molecular flexibility index (Phi) is 4.14. The van der Waals surface area contributed by atoms with Crippen molar-refractivity contribution in [1.82, 2.24) is 4.98 Å². The van der Waals surface area contributed by atoms with Gasteiger partial charge in [0.1, 0.15) is 5.56 Å². The molecule has 0 aliphatic rings. The molecule has 0 amide bonds. The average molecular weight is 301 g/mol. The van der Waals surface area contributed by atoms with Crippen LogP contribution in [0.3, 0.4) is 0 Å². The highest BCUT2D eigenvalue weighted by Crippen LogP contribution is 2.34. The van der Waals surface area contributed by atoms with Crippen molar-refractivity contribution in [2.75, 3.05) is 7.11 Å². The molecule has 0 radical (unpaired) electrons. The van der Waals surface area contributed by atoms with Crippen LogP contribution in [0.1, 0.15) is 10.4 Å². The van der Waals surface area contributed by atoms with Gasteiger partial charge in [0.05, 0.1) is 7.11 Å². The molecule has 0 saturated heterocycles. The number of hydrogen-bond donors (Lipinski definition) is 0. The van der Waals surface area contributed by atoms with Gasteiger partial charge in [-0.2, -0.15) is 0 Å². The van der Waals surface area contributed by atoms with E-state index in [4.69, 9.17) is 11.6 Å². The maximum atomic E-state index is 12.1. The number of alkyl halides is 3. The Morgan fingerprint density at radius 2 is 2.11 bits per heavy atom. The summed E-state index contributed by atoms with van der Waals surface area (Å²) in [6.45, 7) is 0. The normalized spacial score (nSPS) is 11.0. The standard InChI is InChI=1S/C8H4ClF3N2O5/c1-18-4-2-3(5(9)15)7(19-8(10,11)12)13-6(4)14(16)17/h2H,1H3. The van der Waals surface area contributed by atoms with E-state index in [1.165, 1.54) is 0 Å². The number of carbonyl (C=O) groups excluding carboxylic acids is 1. The molecule has 11 heteroatoms. The third-order valence-electron chi connectivity index (χ3n) is 1.75. The zero-order valence-corrected chi connectivity index (χ0v) is 9.78. The molecule has 104 valence electrons. The number of rotatable bonds is 4. The molecule has 0 unspecified atom stereocenters. The van der Waals surface area contributed by atoms with Crippen molar-refractivity contribution in [2.45, 2.75) is 6.36 Å². The monoisotopic (exact) mass is 300 g/mol. The van der Waals surface area contributed by atoms with Crippen molar-refractivity contribution in [3.05, 3.63) is 21.7 Å². The quantitative estimate of drug-likeness (QED) is 0.481. The lowest BCUT2D eigenvalue weighted by molar-refractivity contribution is -0.390. The highest BCUT2D eigenvalue weighted by Gasteiger charge is 2.38. The van der Waals surface area contributed by atoms with Crippen LogP contribution in [0.25, 0.3) is 0 Å². The van der Waals surface area contributed by atoms with Gasteiger partial charge in [-0.15, -0.1) is 13.2 Å². The predicted octanol–water partition coefficient (Wildman–Crippen LogP) is 2.28. The fourth-order valence-corrected chi connectivity index (χ4v) is 1.21. The molecule has 0 N–H and O–H groups in total. The van der Waals surface area contributed by atoms with E-state index in [2.05, 4.69) is 14.5 Å². The molecule has 0 aliphatic heterocycles. The number of halogens is 4. The lowest BCUT2D eigenvalue weighted by atomic mass is 10.2. The van der Waals surface area contributed by atoms with Crippen LogP contribution in [0.2, 0.25) is 0 Å². The zero-order valence-electron chi connectivity index (χ0n) is 9.02. The number of nitro groups is 1. The molecule has 0 aromatic carbocycles. The first-order chi connectivity index (χ1) is 8.65. The number of ether oxygens (including phenoxy) is 2. The van der Waals surface area contributed by atoms with Crippen LogP contribution in [0, 0.1) is 10.1 Å². The number of carbonyl (C=O) groups is 1. The molecular formula is C8H4ClF3N2O5. The van der Waals surface area contributed by atoms with Crippen molar-refractivity contribution >= 4 is 22.7 Å². The summed E-state index contributed by atoms with van der Waals surface area (Å²) in [6, 6.07) is 0.640. The van der Waals surface area contributed by atoms with E-state index in [1.54, 1.807) is 0 Å². The largest absolute Gasteiger partial charge is 0.575 e. The van der Waals surface area contributed by atoms with Gasteiger partial charge in [0.2, 0.25) is 5.75 Å². The number of hydrogen-bond acceptors (Lipinski definition) is 6. The minimum Gasteiger partial charge on any atom is -0.489 e. The van der Waals surface area contributed by atoms with Crippen molar-refractivity contribution in [2.24, 2.45) is 0 Å². The van der Waals surface area contributed by atoms with Crippen LogP contribution in [0.15, 0.2) is 6.07 Å². The number of nitrogens with zero attached hydrogens (tertiary/aromatic N) is 2. The summed E-state index contributed by atoms with van der Waals surface area (Å²) in [7, 11) is 1.01. The second-order valence-electron chi connectivity index (χ2n) is 2.95. The van der Waals surface area contributed by atoms with Crippen molar-refractivity contribution in [1.29, 1.82) is 0 Å². The minimum absolute atomic E-state index is 0.525. The second kappa shape index (κ2) is 5.26. The van der Waals surface area contributed by atoms with Crippen molar-refractivity contribution in [3.63, 3.8) is 0 Å². The first kappa shape index (κ1) is 15.0. The Balaban J connectivity index is 3.45. The second-order valence-corrected chi connectivity index (χ2v) is 3.29. The summed E-state index contributed by atoms with van der Waals surface area (Å²) in [5.41, 5.74) is -0.804. The number of methoxy groups -OCH3 is 1. The zero-order chi connectivity index (χ0) is 14.8. The first-order valence-corrected chi connectivity index (χ1v) is 4.72.